The number of hydrogen-bond donors (Lipinski definition) is 1. The van der Waals surface area contributed by atoms with Crippen LogP contribution in [0.4, 0.5) is 5.88 Å². The molecule has 8 heteroatoms. The van der Waals surface area contributed by atoms with Crippen LogP contribution in [0.3, 0.4) is 0 Å². The lowest BCUT2D eigenvalue weighted by molar-refractivity contribution is 0.414. The van der Waals surface area contributed by atoms with Gasteiger partial charge in [0.1, 0.15) is 5.75 Å². The molecule has 0 radical (unpaired) electrons. The number of nitrogens with zero attached hydrogens (tertiary/aromatic N) is 1. The number of methoxy groups -OCH3 is 1. The topological polar surface area (TPSA) is 81.4 Å². The van der Waals surface area contributed by atoms with Crippen molar-refractivity contribution in [2.45, 2.75) is 23.3 Å². The Balaban J connectivity index is 1.66. The van der Waals surface area contributed by atoms with E-state index < -0.39 is 9.84 Å². The predicted octanol–water partition coefficient (Wildman–Crippen LogP) is 5.80. The van der Waals surface area contributed by atoms with Gasteiger partial charge in [-0.2, -0.15) is 4.98 Å². The van der Waals surface area contributed by atoms with Crippen molar-refractivity contribution < 1.29 is 17.6 Å². The summed E-state index contributed by atoms with van der Waals surface area (Å²) in [7, 11) is -2.31. The van der Waals surface area contributed by atoms with Gasteiger partial charge in [-0.3, -0.25) is 0 Å². The fourth-order valence-electron chi connectivity index (χ4n) is 3.37. The Labute approximate surface area is 198 Å². The second kappa shape index (κ2) is 9.68. The summed E-state index contributed by atoms with van der Waals surface area (Å²) in [6, 6.07) is 21.2. The smallest absolute Gasteiger partial charge is 0.233 e. The standard InChI is InChI=1S/C25H23ClN2O4S/c1-17-5-3-4-6-22(17)23-28-25(33(29,30)21-13-9-19(26)10-14-21)24(32-23)27-16-15-18-7-11-20(31-2)12-8-18/h3-14,27H,15-16H2,1-2H3. The summed E-state index contributed by atoms with van der Waals surface area (Å²) < 4.78 is 37.9. The number of hydrogen-bond acceptors (Lipinski definition) is 6. The lowest BCUT2D eigenvalue weighted by atomic mass is 10.1. The maximum Gasteiger partial charge on any atom is 0.233 e. The van der Waals surface area contributed by atoms with Crippen molar-refractivity contribution in [1.82, 2.24) is 4.98 Å². The van der Waals surface area contributed by atoms with Crippen LogP contribution in [0.15, 0.2) is 87.1 Å². The van der Waals surface area contributed by atoms with E-state index in [1.54, 1.807) is 7.11 Å². The Morgan fingerprint density at radius 2 is 1.70 bits per heavy atom. The number of anilines is 1. The van der Waals surface area contributed by atoms with E-state index in [1.165, 1.54) is 24.3 Å². The number of sulfone groups is 1. The van der Waals surface area contributed by atoms with Gasteiger partial charge in [0.05, 0.1) is 12.0 Å². The summed E-state index contributed by atoms with van der Waals surface area (Å²) >= 11 is 5.94. The first kappa shape index (κ1) is 22.9. The number of nitrogens with one attached hydrogen (secondary N) is 1. The van der Waals surface area contributed by atoms with Crippen LogP contribution in [0.25, 0.3) is 11.5 Å². The summed E-state index contributed by atoms with van der Waals surface area (Å²) in [6.45, 7) is 2.38. The number of benzene rings is 3. The minimum Gasteiger partial charge on any atom is -0.497 e. The number of rotatable bonds is 8. The number of aryl methyl sites for hydroxylation is 1. The fourth-order valence-corrected chi connectivity index (χ4v) is 4.77. The van der Waals surface area contributed by atoms with Crippen molar-refractivity contribution in [3.63, 3.8) is 0 Å². The van der Waals surface area contributed by atoms with Crippen LogP contribution < -0.4 is 10.1 Å². The van der Waals surface area contributed by atoms with Crippen molar-refractivity contribution in [2.75, 3.05) is 19.0 Å². The third-order valence-electron chi connectivity index (χ3n) is 5.21. The molecule has 0 saturated heterocycles. The van der Waals surface area contributed by atoms with E-state index in [1.807, 2.05) is 55.5 Å². The minimum atomic E-state index is -3.93. The molecule has 170 valence electrons. The van der Waals surface area contributed by atoms with Gasteiger partial charge in [-0.15, -0.1) is 0 Å². The quantitative estimate of drug-likeness (QED) is 0.342. The van der Waals surface area contributed by atoms with E-state index in [2.05, 4.69) is 10.3 Å². The fraction of sp³-hybridized carbons (Fsp3) is 0.160. The van der Waals surface area contributed by atoms with Crippen molar-refractivity contribution in [3.8, 4) is 17.2 Å². The summed E-state index contributed by atoms with van der Waals surface area (Å²) in [5.41, 5.74) is 2.73. The Kier molecular flexibility index (Phi) is 6.72. The third-order valence-corrected chi connectivity index (χ3v) is 7.14. The Bertz CT molecular complexity index is 1350. The van der Waals surface area contributed by atoms with Gasteiger partial charge in [0, 0.05) is 17.1 Å². The minimum absolute atomic E-state index is 0.0924. The highest BCUT2D eigenvalue weighted by Gasteiger charge is 2.28. The molecule has 3 aromatic carbocycles. The van der Waals surface area contributed by atoms with Crippen molar-refractivity contribution >= 4 is 27.3 Å². The molecule has 0 aliphatic carbocycles. The molecule has 0 fully saturated rings. The zero-order valence-corrected chi connectivity index (χ0v) is 19.8. The second-order valence-corrected chi connectivity index (χ2v) is 9.75. The average Bonchev–Trinajstić information content (AvgIpc) is 3.25. The highest BCUT2D eigenvalue weighted by atomic mass is 35.5. The monoisotopic (exact) mass is 482 g/mol. The van der Waals surface area contributed by atoms with E-state index in [9.17, 15) is 8.42 Å². The van der Waals surface area contributed by atoms with Crippen molar-refractivity contribution in [2.24, 2.45) is 0 Å². The molecule has 1 N–H and O–H groups in total. The maximum atomic E-state index is 13.4. The van der Waals surface area contributed by atoms with Gasteiger partial charge < -0.3 is 14.5 Å². The van der Waals surface area contributed by atoms with Gasteiger partial charge in [0.25, 0.3) is 0 Å². The van der Waals surface area contributed by atoms with E-state index in [0.717, 1.165) is 22.4 Å². The van der Waals surface area contributed by atoms with Crippen LogP contribution in [0.5, 0.6) is 5.75 Å². The molecule has 0 spiro atoms. The van der Waals surface area contributed by atoms with Gasteiger partial charge in [0.15, 0.2) is 0 Å². The van der Waals surface area contributed by atoms with Crippen LogP contribution >= 0.6 is 11.6 Å². The molecule has 1 heterocycles. The van der Waals surface area contributed by atoms with Crippen LogP contribution in [-0.2, 0) is 16.3 Å². The van der Waals surface area contributed by atoms with Gasteiger partial charge in [-0.05, 0) is 66.9 Å². The summed E-state index contributed by atoms with van der Waals surface area (Å²) in [4.78, 5) is 4.49. The molecule has 1 aromatic heterocycles. The zero-order chi connectivity index (χ0) is 23.4. The number of halogens is 1. The normalized spacial score (nSPS) is 11.4. The van der Waals surface area contributed by atoms with Gasteiger partial charge in [0.2, 0.25) is 26.6 Å². The molecule has 0 amide bonds. The maximum absolute atomic E-state index is 13.4. The summed E-state index contributed by atoms with van der Waals surface area (Å²) in [6.07, 6.45) is 0.658. The SMILES string of the molecule is COc1ccc(CCNc2oc(-c3ccccc3C)nc2S(=O)(=O)c2ccc(Cl)cc2)cc1. The molecular weight excluding hydrogens is 460 g/mol. The molecule has 0 saturated carbocycles. The third kappa shape index (κ3) is 5.05. The van der Waals surface area contributed by atoms with Crippen molar-refractivity contribution in [3.05, 3.63) is 88.9 Å². The lowest BCUT2D eigenvalue weighted by Gasteiger charge is -2.07. The number of oxazole rings is 1. The second-order valence-electron chi connectivity index (χ2n) is 7.45. The van der Waals surface area contributed by atoms with Crippen LogP contribution in [0.2, 0.25) is 5.02 Å². The molecule has 0 bridgehead atoms. The average molecular weight is 483 g/mol. The molecule has 6 nitrogen and oxygen atoms in total. The molecule has 0 aliphatic rings. The predicted molar refractivity (Wildman–Crippen MR) is 129 cm³/mol. The zero-order valence-electron chi connectivity index (χ0n) is 18.2. The Morgan fingerprint density at radius 3 is 2.36 bits per heavy atom. The van der Waals surface area contributed by atoms with Gasteiger partial charge in [-0.1, -0.05) is 41.9 Å². The first-order valence-corrected chi connectivity index (χ1v) is 12.2. The molecule has 4 aromatic rings. The van der Waals surface area contributed by atoms with Crippen LogP contribution in [0.1, 0.15) is 11.1 Å². The van der Waals surface area contributed by atoms with E-state index in [-0.39, 0.29) is 21.7 Å². The number of ether oxygens (including phenoxy) is 1. The summed E-state index contributed by atoms with van der Waals surface area (Å²) in [5, 5.41) is 3.42. The van der Waals surface area contributed by atoms with Crippen LogP contribution in [-0.4, -0.2) is 27.1 Å². The highest BCUT2D eigenvalue weighted by molar-refractivity contribution is 7.91. The Morgan fingerprint density at radius 1 is 1.00 bits per heavy atom. The van der Waals surface area contributed by atoms with Gasteiger partial charge >= 0.3 is 0 Å². The molecular formula is C25H23ClN2O4S. The largest absolute Gasteiger partial charge is 0.497 e. The first-order chi connectivity index (χ1) is 15.9. The van der Waals surface area contributed by atoms with Crippen LogP contribution in [0, 0.1) is 6.92 Å². The van der Waals surface area contributed by atoms with E-state index in [4.69, 9.17) is 20.8 Å². The molecule has 0 aliphatic heterocycles. The molecule has 33 heavy (non-hydrogen) atoms. The van der Waals surface area contributed by atoms with Crippen molar-refractivity contribution in [1.29, 1.82) is 0 Å². The number of aromatic nitrogens is 1. The lowest BCUT2D eigenvalue weighted by Crippen LogP contribution is -2.09. The highest BCUT2D eigenvalue weighted by Crippen LogP contribution is 2.33. The molecule has 0 unspecified atom stereocenters. The van der Waals surface area contributed by atoms with E-state index in [0.29, 0.717) is 18.0 Å². The van der Waals surface area contributed by atoms with E-state index >= 15 is 0 Å². The molecule has 0 atom stereocenters. The Hall–Kier alpha value is -3.29. The molecule has 4 rings (SSSR count). The van der Waals surface area contributed by atoms with Gasteiger partial charge in [-0.25, -0.2) is 8.42 Å². The first-order valence-electron chi connectivity index (χ1n) is 10.3. The summed E-state index contributed by atoms with van der Waals surface area (Å²) in [5.74, 6) is 1.13.